The molecule has 0 saturated carbocycles. The van der Waals surface area contributed by atoms with Gasteiger partial charge in [-0.15, -0.1) is 12.4 Å². The topological polar surface area (TPSA) is 55.1 Å². The highest BCUT2D eigenvalue weighted by atomic mass is 35.5. The van der Waals surface area contributed by atoms with Crippen molar-refractivity contribution in [1.82, 2.24) is 5.32 Å². The Balaban J connectivity index is 0.00000361. The second kappa shape index (κ2) is 7.65. The number of halogens is 1. The minimum Gasteiger partial charge on any atom is -0.354 e. The molecule has 0 aliphatic rings. The first-order chi connectivity index (χ1) is 8.70. The van der Waals surface area contributed by atoms with E-state index in [2.05, 4.69) is 37.4 Å². The number of nitrogens with one attached hydrogen (secondary N) is 1. The molecule has 3 N–H and O–H groups in total. The molecule has 4 heteroatoms. The summed E-state index contributed by atoms with van der Waals surface area (Å²) < 4.78 is 0. The number of hydrogen-bond donors (Lipinski definition) is 2. The highest BCUT2D eigenvalue weighted by molar-refractivity contribution is 5.85. The largest absolute Gasteiger partial charge is 0.354 e. The molecule has 1 rings (SSSR count). The molecule has 114 valence electrons. The van der Waals surface area contributed by atoms with Crippen LogP contribution in [0.1, 0.15) is 37.5 Å². The van der Waals surface area contributed by atoms with Gasteiger partial charge in [-0.3, -0.25) is 4.79 Å². The van der Waals surface area contributed by atoms with E-state index >= 15 is 0 Å². The molecule has 0 unspecified atom stereocenters. The quantitative estimate of drug-likeness (QED) is 0.898. The maximum atomic E-state index is 11.9. The number of nitrogens with two attached hydrogens (primary N) is 1. The minimum atomic E-state index is -0.466. The van der Waals surface area contributed by atoms with Crippen molar-refractivity contribution in [3.05, 3.63) is 34.9 Å². The van der Waals surface area contributed by atoms with Crippen molar-refractivity contribution in [2.45, 2.75) is 47.1 Å². The standard InChI is InChI=1S/C16H26N2O.ClH/c1-11-8-12(2)10-13(9-11)6-7-18-15(19)14(17)16(3,4)5;/h8-10,14H,6-7,17H2,1-5H3,(H,18,19);1H/t14-;/m1./s1. The Morgan fingerprint density at radius 1 is 1.20 bits per heavy atom. The predicted octanol–water partition coefficient (Wildman–Crippen LogP) is 2.76. The fraction of sp³-hybridized carbons (Fsp3) is 0.562. The van der Waals surface area contributed by atoms with Crippen molar-refractivity contribution in [3.8, 4) is 0 Å². The van der Waals surface area contributed by atoms with Crippen molar-refractivity contribution >= 4 is 18.3 Å². The van der Waals surface area contributed by atoms with Gasteiger partial charge in [0.2, 0.25) is 5.91 Å². The summed E-state index contributed by atoms with van der Waals surface area (Å²) in [6.07, 6.45) is 0.838. The average molecular weight is 299 g/mol. The van der Waals surface area contributed by atoms with E-state index in [9.17, 15) is 4.79 Å². The summed E-state index contributed by atoms with van der Waals surface area (Å²) in [4.78, 5) is 11.9. The number of aryl methyl sites for hydroxylation is 2. The fourth-order valence-corrected chi connectivity index (χ4v) is 2.05. The minimum absolute atomic E-state index is 0. The Morgan fingerprint density at radius 3 is 2.15 bits per heavy atom. The second-order valence-corrected chi connectivity index (χ2v) is 6.38. The third kappa shape index (κ3) is 5.93. The second-order valence-electron chi connectivity index (χ2n) is 6.38. The summed E-state index contributed by atoms with van der Waals surface area (Å²) in [5.41, 5.74) is 9.47. The number of carbonyl (C=O) groups excluding carboxylic acids is 1. The first kappa shape index (κ1) is 18.9. The van der Waals surface area contributed by atoms with Gasteiger partial charge in [-0.05, 0) is 31.2 Å². The highest BCUT2D eigenvalue weighted by Crippen LogP contribution is 2.17. The monoisotopic (exact) mass is 298 g/mol. The van der Waals surface area contributed by atoms with Crippen LogP contribution in [0.2, 0.25) is 0 Å². The zero-order chi connectivity index (χ0) is 14.6. The van der Waals surface area contributed by atoms with Crippen LogP contribution in [0.15, 0.2) is 18.2 Å². The number of carbonyl (C=O) groups is 1. The lowest BCUT2D eigenvalue weighted by molar-refractivity contribution is -0.124. The predicted molar refractivity (Wildman–Crippen MR) is 87.3 cm³/mol. The number of rotatable bonds is 4. The summed E-state index contributed by atoms with van der Waals surface area (Å²) in [7, 11) is 0. The van der Waals surface area contributed by atoms with Crippen molar-refractivity contribution < 1.29 is 4.79 Å². The maximum Gasteiger partial charge on any atom is 0.237 e. The van der Waals surface area contributed by atoms with Crippen LogP contribution in [-0.2, 0) is 11.2 Å². The van der Waals surface area contributed by atoms with Gasteiger partial charge in [0.15, 0.2) is 0 Å². The highest BCUT2D eigenvalue weighted by Gasteiger charge is 2.26. The van der Waals surface area contributed by atoms with Crippen LogP contribution in [0.25, 0.3) is 0 Å². The van der Waals surface area contributed by atoms with Crippen LogP contribution in [0, 0.1) is 19.3 Å². The smallest absolute Gasteiger partial charge is 0.237 e. The third-order valence-corrected chi connectivity index (χ3v) is 3.21. The first-order valence-corrected chi connectivity index (χ1v) is 6.80. The molecule has 20 heavy (non-hydrogen) atoms. The van der Waals surface area contributed by atoms with E-state index in [4.69, 9.17) is 5.73 Å². The van der Waals surface area contributed by atoms with Gasteiger partial charge in [0, 0.05) is 6.54 Å². The van der Waals surface area contributed by atoms with Gasteiger partial charge in [-0.2, -0.15) is 0 Å². The van der Waals surface area contributed by atoms with Crippen molar-refractivity contribution in [3.63, 3.8) is 0 Å². The molecule has 0 saturated heterocycles. The third-order valence-electron chi connectivity index (χ3n) is 3.21. The van der Waals surface area contributed by atoms with Crippen LogP contribution in [0.3, 0.4) is 0 Å². The normalized spacial score (nSPS) is 12.5. The van der Waals surface area contributed by atoms with Crippen molar-refractivity contribution in [2.75, 3.05) is 6.54 Å². The molecule has 0 aliphatic heterocycles. The summed E-state index contributed by atoms with van der Waals surface area (Å²) in [5.74, 6) is -0.0723. The molecule has 1 aromatic rings. The van der Waals surface area contributed by atoms with Gasteiger partial charge in [0.25, 0.3) is 0 Å². The van der Waals surface area contributed by atoms with E-state index in [0.717, 1.165) is 6.42 Å². The van der Waals surface area contributed by atoms with E-state index in [1.807, 2.05) is 20.8 Å². The molecule has 0 fully saturated rings. The Morgan fingerprint density at radius 2 is 1.70 bits per heavy atom. The Hall–Kier alpha value is -1.06. The van der Waals surface area contributed by atoms with E-state index in [1.54, 1.807) is 0 Å². The lowest BCUT2D eigenvalue weighted by Crippen LogP contribution is -2.48. The molecule has 1 aromatic carbocycles. The van der Waals surface area contributed by atoms with Crippen LogP contribution >= 0.6 is 12.4 Å². The Kier molecular flexibility index (Phi) is 7.25. The van der Waals surface area contributed by atoms with E-state index in [1.165, 1.54) is 16.7 Å². The molecular formula is C16H27ClN2O. The van der Waals surface area contributed by atoms with Crippen LogP contribution < -0.4 is 11.1 Å². The van der Waals surface area contributed by atoms with Gasteiger partial charge in [-0.1, -0.05) is 50.1 Å². The van der Waals surface area contributed by atoms with Gasteiger partial charge in [0.05, 0.1) is 6.04 Å². The molecule has 3 nitrogen and oxygen atoms in total. The summed E-state index contributed by atoms with van der Waals surface area (Å²) >= 11 is 0. The molecule has 0 aromatic heterocycles. The van der Waals surface area contributed by atoms with Gasteiger partial charge in [-0.25, -0.2) is 0 Å². The molecule has 1 atom stereocenters. The zero-order valence-electron chi connectivity index (χ0n) is 13.1. The van der Waals surface area contributed by atoms with Crippen LogP contribution in [-0.4, -0.2) is 18.5 Å². The van der Waals surface area contributed by atoms with Crippen LogP contribution in [0.4, 0.5) is 0 Å². The van der Waals surface area contributed by atoms with E-state index in [0.29, 0.717) is 6.54 Å². The molecule has 0 bridgehead atoms. The number of hydrogen-bond acceptors (Lipinski definition) is 2. The zero-order valence-corrected chi connectivity index (χ0v) is 13.9. The molecule has 0 aliphatic carbocycles. The maximum absolute atomic E-state index is 11.9. The van der Waals surface area contributed by atoms with Gasteiger partial charge in [0.1, 0.15) is 0 Å². The van der Waals surface area contributed by atoms with Crippen LogP contribution in [0.5, 0.6) is 0 Å². The summed E-state index contributed by atoms with van der Waals surface area (Å²) in [6.45, 7) is 10.7. The molecule has 1 amide bonds. The Bertz CT molecular complexity index is 432. The fourth-order valence-electron chi connectivity index (χ4n) is 2.05. The summed E-state index contributed by atoms with van der Waals surface area (Å²) in [6, 6.07) is 6.00. The summed E-state index contributed by atoms with van der Waals surface area (Å²) in [5, 5.41) is 2.91. The number of benzene rings is 1. The molecule has 0 spiro atoms. The van der Waals surface area contributed by atoms with Crippen molar-refractivity contribution in [2.24, 2.45) is 11.1 Å². The van der Waals surface area contributed by atoms with E-state index < -0.39 is 6.04 Å². The molecule has 0 radical (unpaired) electrons. The SMILES string of the molecule is Cc1cc(C)cc(CCNC(=O)[C@@H](N)C(C)(C)C)c1.Cl. The number of amides is 1. The first-order valence-electron chi connectivity index (χ1n) is 6.80. The van der Waals surface area contributed by atoms with Gasteiger partial charge >= 0.3 is 0 Å². The lowest BCUT2D eigenvalue weighted by Gasteiger charge is -2.25. The van der Waals surface area contributed by atoms with Gasteiger partial charge < -0.3 is 11.1 Å². The Labute approximate surface area is 128 Å². The molecular weight excluding hydrogens is 272 g/mol. The van der Waals surface area contributed by atoms with Crippen molar-refractivity contribution in [1.29, 1.82) is 0 Å². The average Bonchev–Trinajstić information content (AvgIpc) is 2.25. The molecule has 0 heterocycles. The van der Waals surface area contributed by atoms with E-state index in [-0.39, 0.29) is 23.7 Å². The lowest BCUT2D eigenvalue weighted by atomic mass is 9.87.